The molecule has 0 saturated carbocycles. The predicted molar refractivity (Wildman–Crippen MR) is 104 cm³/mol. The molecule has 0 radical (unpaired) electrons. The molecule has 3 heterocycles. The Balaban J connectivity index is 1.76. The SMILES string of the molecule is Cn1cnc(CN2CCCC2c2nc3ccccc3c(=O)n2CC(F)F)cc1=O. The molecule has 0 bridgehead atoms. The van der Waals surface area contributed by atoms with E-state index in [0.29, 0.717) is 41.9 Å². The second kappa shape index (κ2) is 7.82. The Morgan fingerprint density at radius 3 is 2.79 bits per heavy atom. The zero-order chi connectivity index (χ0) is 20.5. The highest BCUT2D eigenvalue weighted by atomic mass is 19.3. The van der Waals surface area contributed by atoms with Crippen LogP contribution in [0, 0.1) is 0 Å². The molecule has 3 aromatic rings. The summed E-state index contributed by atoms with van der Waals surface area (Å²) in [7, 11) is 1.62. The molecule has 0 aliphatic carbocycles. The van der Waals surface area contributed by atoms with Crippen LogP contribution in [0.5, 0.6) is 0 Å². The minimum Gasteiger partial charge on any atom is -0.302 e. The lowest BCUT2D eigenvalue weighted by Crippen LogP contribution is -2.34. The second-order valence-corrected chi connectivity index (χ2v) is 7.25. The van der Waals surface area contributed by atoms with Crippen LogP contribution < -0.4 is 11.1 Å². The van der Waals surface area contributed by atoms with Crippen LogP contribution in [-0.4, -0.2) is 37.0 Å². The number of alkyl halides is 2. The number of fused-ring (bicyclic) bond motifs is 1. The van der Waals surface area contributed by atoms with Crippen molar-refractivity contribution in [3.8, 4) is 0 Å². The number of aryl methyl sites for hydroxylation is 1. The molecule has 1 aromatic carbocycles. The van der Waals surface area contributed by atoms with Gasteiger partial charge in [-0.05, 0) is 31.5 Å². The fourth-order valence-corrected chi connectivity index (χ4v) is 3.86. The van der Waals surface area contributed by atoms with Crippen molar-refractivity contribution < 1.29 is 8.78 Å². The van der Waals surface area contributed by atoms with Crippen molar-refractivity contribution in [2.24, 2.45) is 7.05 Å². The summed E-state index contributed by atoms with van der Waals surface area (Å²) in [5.74, 6) is 0.343. The lowest BCUT2D eigenvalue weighted by Gasteiger charge is -2.26. The maximum atomic E-state index is 13.2. The zero-order valence-electron chi connectivity index (χ0n) is 16.0. The van der Waals surface area contributed by atoms with E-state index in [4.69, 9.17) is 0 Å². The summed E-state index contributed by atoms with van der Waals surface area (Å²) in [4.78, 5) is 35.7. The number of aromatic nitrogens is 4. The highest BCUT2D eigenvalue weighted by molar-refractivity contribution is 5.77. The molecule has 1 aliphatic heterocycles. The minimum atomic E-state index is -2.66. The van der Waals surface area contributed by atoms with Crippen molar-refractivity contribution in [2.75, 3.05) is 6.54 Å². The van der Waals surface area contributed by atoms with Crippen LogP contribution in [0.1, 0.15) is 30.4 Å². The van der Waals surface area contributed by atoms with Gasteiger partial charge < -0.3 is 4.57 Å². The number of halogens is 2. The van der Waals surface area contributed by atoms with Gasteiger partial charge in [-0.25, -0.2) is 18.7 Å². The van der Waals surface area contributed by atoms with E-state index < -0.39 is 18.5 Å². The maximum Gasteiger partial charge on any atom is 0.261 e. The van der Waals surface area contributed by atoms with E-state index in [1.807, 2.05) is 4.90 Å². The molecular formula is C20H21F2N5O2. The third-order valence-electron chi connectivity index (χ3n) is 5.27. The van der Waals surface area contributed by atoms with E-state index in [2.05, 4.69) is 9.97 Å². The number of nitrogens with zero attached hydrogens (tertiary/aromatic N) is 5. The second-order valence-electron chi connectivity index (χ2n) is 7.25. The number of rotatable bonds is 5. The summed E-state index contributed by atoms with van der Waals surface area (Å²) >= 11 is 0. The summed E-state index contributed by atoms with van der Waals surface area (Å²) in [6.07, 6.45) is 0.332. The zero-order valence-corrected chi connectivity index (χ0v) is 16.0. The van der Waals surface area contributed by atoms with Gasteiger partial charge in [0, 0.05) is 19.7 Å². The largest absolute Gasteiger partial charge is 0.302 e. The van der Waals surface area contributed by atoms with Crippen LogP contribution in [-0.2, 0) is 20.1 Å². The summed E-state index contributed by atoms with van der Waals surface area (Å²) in [5, 5.41) is 0.328. The molecule has 152 valence electrons. The number of benzene rings is 1. The first-order valence-corrected chi connectivity index (χ1v) is 9.47. The van der Waals surface area contributed by atoms with Crippen LogP contribution in [0.25, 0.3) is 10.9 Å². The Hall–Kier alpha value is -2.94. The van der Waals surface area contributed by atoms with Gasteiger partial charge in [0.05, 0.1) is 35.5 Å². The van der Waals surface area contributed by atoms with Crippen molar-refractivity contribution in [1.82, 2.24) is 24.0 Å². The normalized spacial score (nSPS) is 17.4. The quantitative estimate of drug-likeness (QED) is 0.655. The fourth-order valence-electron chi connectivity index (χ4n) is 3.86. The molecule has 1 aliphatic rings. The highest BCUT2D eigenvalue weighted by Gasteiger charge is 2.31. The summed E-state index contributed by atoms with van der Waals surface area (Å²) in [6.45, 7) is 0.400. The Morgan fingerprint density at radius 2 is 2.03 bits per heavy atom. The van der Waals surface area contributed by atoms with Crippen LogP contribution in [0.4, 0.5) is 8.78 Å². The Bertz CT molecular complexity index is 1160. The van der Waals surface area contributed by atoms with Gasteiger partial charge in [0.2, 0.25) is 0 Å². The summed E-state index contributed by atoms with van der Waals surface area (Å²) in [6, 6.07) is 7.96. The van der Waals surface area contributed by atoms with Gasteiger partial charge in [-0.1, -0.05) is 12.1 Å². The van der Waals surface area contributed by atoms with Crippen molar-refractivity contribution >= 4 is 10.9 Å². The molecule has 1 atom stereocenters. The average molecular weight is 401 g/mol. The molecule has 0 N–H and O–H groups in total. The van der Waals surface area contributed by atoms with Gasteiger partial charge in [-0.2, -0.15) is 0 Å². The van der Waals surface area contributed by atoms with E-state index in [-0.39, 0.29) is 11.6 Å². The first-order valence-electron chi connectivity index (χ1n) is 9.47. The van der Waals surface area contributed by atoms with Gasteiger partial charge in [0.25, 0.3) is 17.5 Å². The summed E-state index contributed by atoms with van der Waals surface area (Å²) in [5.41, 5.74) is 0.480. The van der Waals surface area contributed by atoms with E-state index in [1.165, 1.54) is 17.0 Å². The Labute approximate surface area is 165 Å². The third kappa shape index (κ3) is 3.82. The monoisotopic (exact) mass is 401 g/mol. The Kier molecular flexibility index (Phi) is 5.23. The predicted octanol–water partition coefficient (Wildman–Crippen LogP) is 2.09. The van der Waals surface area contributed by atoms with Gasteiger partial charge in [-0.3, -0.25) is 19.1 Å². The number of para-hydroxylation sites is 1. The highest BCUT2D eigenvalue weighted by Crippen LogP contribution is 2.32. The number of likely N-dealkylation sites (tertiary alicyclic amines) is 1. The van der Waals surface area contributed by atoms with E-state index in [9.17, 15) is 18.4 Å². The van der Waals surface area contributed by atoms with Crippen molar-refractivity contribution in [3.05, 3.63) is 68.9 Å². The van der Waals surface area contributed by atoms with Gasteiger partial charge in [0.15, 0.2) is 0 Å². The van der Waals surface area contributed by atoms with E-state index in [0.717, 1.165) is 11.0 Å². The number of hydrogen-bond acceptors (Lipinski definition) is 5. The lowest BCUT2D eigenvalue weighted by atomic mass is 10.1. The molecule has 1 saturated heterocycles. The first-order chi connectivity index (χ1) is 13.9. The molecule has 9 heteroatoms. The van der Waals surface area contributed by atoms with Crippen LogP contribution >= 0.6 is 0 Å². The molecule has 29 heavy (non-hydrogen) atoms. The molecule has 7 nitrogen and oxygen atoms in total. The number of hydrogen-bond donors (Lipinski definition) is 0. The fraction of sp³-hybridized carbons (Fsp3) is 0.400. The topological polar surface area (TPSA) is 73.0 Å². The third-order valence-corrected chi connectivity index (χ3v) is 5.27. The molecule has 1 fully saturated rings. The average Bonchev–Trinajstić information content (AvgIpc) is 3.14. The standard InChI is InChI=1S/C20H21F2N5O2/c1-25-12-23-13(9-18(25)28)10-26-8-4-7-16(26)19-24-15-6-3-2-5-14(15)20(29)27(19)11-17(21)22/h2-3,5-6,9,12,16-17H,4,7-8,10-11H2,1H3. The first kappa shape index (κ1) is 19.4. The molecule has 4 rings (SSSR count). The summed E-state index contributed by atoms with van der Waals surface area (Å²) < 4.78 is 29.0. The molecule has 2 aromatic heterocycles. The van der Waals surface area contributed by atoms with Crippen molar-refractivity contribution in [2.45, 2.75) is 38.4 Å². The minimum absolute atomic E-state index is 0.163. The molecule has 0 amide bonds. The molecule has 0 spiro atoms. The smallest absolute Gasteiger partial charge is 0.261 e. The van der Waals surface area contributed by atoms with Crippen molar-refractivity contribution in [1.29, 1.82) is 0 Å². The van der Waals surface area contributed by atoms with Gasteiger partial charge in [-0.15, -0.1) is 0 Å². The van der Waals surface area contributed by atoms with Crippen LogP contribution in [0.15, 0.2) is 46.2 Å². The van der Waals surface area contributed by atoms with Gasteiger partial charge >= 0.3 is 0 Å². The maximum absolute atomic E-state index is 13.2. The van der Waals surface area contributed by atoms with Gasteiger partial charge in [0.1, 0.15) is 5.82 Å². The lowest BCUT2D eigenvalue weighted by molar-refractivity contribution is 0.120. The molecular weight excluding hydrogens is 380 g/mol. The van der Waals surface area contributed by atoms with Crippen LogP contribution in [0.2, 0.25) is 0 Å². The molecule has 1 unspecified atom stereocenters. The van der Waals surface area contributed by atoms with E-state index >= 15 is 0 Å². The van der Waals surface area contributed by atoms with Crippen LogP contribution in [0.3, 0.4) is 0 Å². The van der Waals surface area contributed by atoms with Crippen molar-refractivity contribution in [3.63, 3.8) is 0 Å². The van der Waals surface area contributed by atoms with E-state index in [1.54, 1.807) is 31.3 Å². The Morgan fingerprint density at radius 1 is 1.24 bits per heavy atom.